The first kappa shape index (κ1) is 24.4. The van der Waals surface area contributed by atoms with Gasteiger partial charge in [-0.1, -0.05) is 18.6 Å². The number of unbranched alkanes of at least 4 members (excludes halogenated alkanes) is 2. The van der Waals surface area contributed by atoms with Gasteiger partial charge in [-0.2, -0.15) is 0 Å². The normalized spacial score (nSPS) is 17.1. The van der Waals surface area contributed by atoms with E-state index < -0.39 is 34.4 Å². The number of ketones is 1. The molecule has 34 heavy (non-hydrogen) atoms. The van der Waals surface area contributed by atoms with E-state index in [0.29, 0.717) is 30.6 Å². The number of rotatable bonds is 10. The van der Waals surface area contributed by atoms with E-state index in [-0.39, 0.29) is 29.8 Å². The molecule has 1 aliphatic rings. The smallest absolute Gasteiger partial charge is 0.303 e. The summed E-state index contributed by atoms with van der Waals surface area (Å²) in [5.41, 5.74) is 0.222. The molecule has 2 aromatic carbocycles. The van der Waals surface area contributed by atoms with Crippen molar-refractivity contribution in [3.05, 3.63) is 75.3 Å². The number of Topliss-reactive ketones (excluding diaryl/α,β-unsaturated/α-hetero) is 1. The van der Waals surface area contributed by atoms with Crippen molar-refractivity contribution < 1.29 is 34.3 Å². The number of ether oxygens (including phenoxy) is 1. The molecule has 1 amide bonds. The molecule has 0 aromatic heterocycles. The highest BCUT2D eigenvalue weighted by Gasteiger charge is 2.46. The molecule has 1 saturated heterocycles. The van der Waals surface area contributed by atoms with Crippen LogP contribution >= 0.6 is 0 Å². The number of carboxylic acid groups (broad SMARTS) is 1. The summed E-state index contributed by atoms with van der Waals surface area (Å²) in [6.45, 7) is 0.122. The standard InChI is InChI=1S/C24H24N2O8/c1-34-18-11-9-15(10-12-18)22(29)20-21(16-6-5-7-17(14-16)26(32)33)25(24(31)23(20)30)13-4-2-3-8-19(27)28/h5-7,9-12,14,21,29H,2-4,8,13H2,1H3,(H,27,28)/b22-20-. The molecule has 10 heteroatoms. The van der Waals surface area contributed by atoms with Crippen LogP contribution in [0.4, 0.5) is 5.69 Å². The van der Waals surface area contributed by atoms with Crippen molar-refractivity contribution in [2.24, 2.45) is 0 Å². The highest BCUT2D eigenvalue weighted by Crippen LogP contribution is 2.40. The molecule has 0 radical (unpaired) electrons. The fourth-order valence-electron chi connectivity index (χ4n) is 3.91. The van der Waals surface area contributed by atoms with E-state index in [1.165, 1.54) is 42.3 Å². The van der Waals surface area contributed by atoms with Crippen LogP contribution in [0, 0.1) is 10.1 Å². The summed E-state index contributed by atoms with van der Waals surface area (Å²) in [7, 11) is 1.49. The summed E-state index contributed by atoms with van der Waals surface area (Å²) in [6.07, 6.45) is 1.33. The number of carbonyl (C=O) groups excluding carboxylic acids is 2. The van der Waals surface area contributed by atoms with Crippen molar-refractivity contribution in [2.45, 2.75) is 31.7 Å². The number of nitrogens with zero attached hydrogens (tertiary/aromatic N) is 2. The molecule has 0 aliphatic carbocycles. The van der Waals surface area contributed by atoms with Gasteiger partial charge in [0, 0.05) is 30.7 Å². The zero-order valence-electron chi connectivity index (χ0n) is 18.5. The number of benzene rings is 2. The first-order valence-electron chi connectivity index (χ1n) is 10.6. The fourth-order valence-corrected chi connectivity index (χ4v) is 3.91. The number of aliphatic carboxylic acids is 1. The Bertz CT molecular complexity index is 1140. The number of hydrogen-bond donors (Lipinski definition) is 2. The number of carbonyl (C=O) groups is 3. The van der Waals surface area contributed by atoms with Crippen LogP contribution in [0.15, 0.2) is 54.1 Å². The molecule has 0 saturated carbocycles. The highest BCUT2D eigenvalue weighted by molar-refractivity contribution is 6.46. The van der Waals surface area contributed by atoms with Crippen LogP contribution in [0.3, 0.4) is 0 Å². The van der Waals surface area contributed by atoms with Gasteiger partial charge in [-0.3, -0.25) is 24.5 Å². The Balaban J connectivity index is 2.02. The van der Waals surface area contributed by atoms with Gasteiger partial charge in [0.2, 0.25) is 0 Å². The third-order valence-corrected chi connectivity index (χ3v) is 5.59. The second-order valence-electron chi connectivity index (χ2n) is 7.78. The maximum absolute atomic E-state index is 13.0. The van der Waals surface area contributed by atoms with Crippen LogP contribution in [-0.4, -0.2) is 51.4 Å². The molecule has 1 fully saturated rings. The molecule has 0 spiro atoms. The lowest BCUT2D eigenvalue weighted by atomic mass is 9.95. The SMILES string of the molecule is COc1ccc(/C(O)=C2/C(=O)C(=O)N(CCCCCC(=O)O)C2c2cccc([N+](=O)[O-])c2)cc1. The summed E-state index contributed by atoms with van der Waals surface area (Å²) in [5, 5.41) is 31.1. The van der Waals surface area contributed by atoms with Crippen molar-refractivity contribution in [2.75, 3.05) is 13.7 Å². The number of carboxylic acids is 1. The molecule has 3 rings (SSSR count). The predicted octanol–water partition coefficient (Wildman–Crippen LogP) is 3.67. The Labute approximate surface area is 195 Å². The average Bonchev–Trinajstić information content (AvgIpc) is 3.08. The predicted molar refractivity (Wildman–Crippen MR) is 121 cm³/mol. The molecule has 1 unspecified atom stereocenters. The first-order chi connectivity index (χ1) is 16.2. The van der Waals surface area contributed by atoms with Gasteiger partial charge in [0.1, 0.15) is 11.5 Å². The Kier molecular flexibility index (Phi) is 7.62. The molecule has 2 N–H and O–H groups in total. The van der Waals surface area contributed by atoms with Crippen molar-refractivity contribution in [3.8, 4) is 5.75 Å². The lowest BCUT2D eigenvalue weighted by molar-refractivity contribution is -0.384. The van der Waals surface area contributed by atoms with Crippen LogP contribution in [-0.2, 0) is 14.4 Å². The van der Waals surface area contributed by atoms with E-state index in [4.69, 9.17) is 9.84 Å². The Morgan fingerprint density at radius 1 is 1.09 bits per heavy atom. The maximum Gasteiger partial charge on any atom is 0.303 e. The topological polar surface area (TPSA) is 147 Å². The molecule has 2 aromatic rings. The zero-order chi connectivity index (χ0) is 24.8. The third kappa shape index (κ3) is 5.22. The largest absolute Gasteiger partial charge is 0.507 e. The summed E-state index contributed by atoms with van der Waals surface area (Å²) in [6, 6.07) is 10.8. The van der Waals surface area contributed by atoms with Gasteiger partial charge in [-0.25, -0.2) is 0 Å². The van der Waals surface area contributed by atoms with Crippen molar-refractivity contribution in [1.29, 1.82) is 0 Å². The average molecular weight is 468 g/mol. The van der Waals surface area contributed by atoms with Gasteiger partial charge in [-0.15, -0.1) is 0 Å². The van der Waals surface area contributed by atoms with E-state index in [1.54, 1.807) is 18.2 Å². The van der Waals surface area contributed by atoms with E-state index >= 15 is 0 Å². The van der Waals surface area contributed by atoms with Gasteiger partial charge in [0.15, 0.2) is 0 Å². The molecule has 1 atom stereocenters. The molecule has 1 heterocycles. The minimum Gasteiger partial charge on any atom is -0.507 e. The van der Waals surface area contributed by atoms with E-state index in [0.717, 1.165) is 0 Å². The first-order valence-corrected chi connectivity index (χ1v) is 10.6. The highest BCUT2D eigenvalue weighted by atomic mass is 16.6. The third-order valence-electron chi connectivity index (χ3n) is 5.59. The van der Waals surface area contributed by atoms with Gasteiger partial charge in [-0.05, 0) is 42.7 Å². The van der Waals surface area contributed by atoms with E-state index in [2.05, 4.69) is 0 Å². The quantitative estimate of drug-likeness (QED) is 0.134. The fraction of sp³-hybridized carbons (Fsp3) is 0.292. The maximum atomic E-state index is 13.0. The van der Waals surface area contributed by atoms with Crippen molar-refractivity contribution in [1.82, 2.24) is 4.90 Å². The molecule has 178 valence electrons. The number of aliphatic hydroxyl groups excluding tert-OH is 1. The number of nitro groups is 1. The number of aliphatic hydroxyl groups is 1. The number of methoxy groups -OCH3 is 1. The Morgan fingerprint density at radius 2 is 1.79 bits per heavy atom. The summed E-state index contributed by atoms with van der Waals surface area (Å²) in [5.74, 6) is -2.50. The molecular weight excluding hydrogens is 444 g/mol. The second kappa shape index (κ2) is 10.6. The molecular formula is C24H24N2O8. The Hall–Kier alpha value is -4.21. The van der Waals surface area contributed by atoms with Gasteiger partial charge >= 0.3 is 5.97 Å². The van der Waals surface area contributed by atoms with Gasteiger partial charge in [0.25, 0.3) is 17.4 Å². The zero-order valence-corrected chi connectivity index (χ0v) is 18.5. The van der Waals surface area contributed by atoms with Crippen LogP contribution in [0.25, 0.3) is 5.76 Å². The van der Waals surface area contributed by atoms with Crippen LogP contribution in [0.1, 0.15) is 42.9 Å². The lowest BCUT2D eigenvalue weighted by Crippen LogP contribution is -2.30. The van der Waals surface area contributed by atoms with Gasteiger partial charge in [0.05, 0.1) is 23.6 Å². The van der Waals surface area contributed by atoms with Crippen LogP contribution < -0.4 is 4.74 Å². The summed E-state index contributed by atoms with van der Waals surface area (Å²) in [4.78, 5) is 48.6. The molecule has 10 nitrogen and oxygen atoms in total. The van der Waals surface area contributed by atoms with Gasteiger partial charge < -0.3 is 19.8 Å². The lowest BCUT2D eigenvalue weighted by Gasteiger charge is -2.25. The Morgan fingerprint density at radius 3 is 2.41 bits per heavy atom. The van der Waals surface area contributed by atoms with E-state index in [1.807, 2.05) is 0 Å². The monoisotopic (exact) mass is 468 g/mol. The minimum atomic E-state index is -1.03. The summed E-state index contributed by atoms with van der Waals surface area (Å²) >= 11 is 0. The second-order valence-corrected chi connectivity index (χ2v) is 7.78. The summed E-state index contributed by atoms with van der Waals surface area (Å²) < 4.78 is 5.11. The van der Waals surface area contributed by atoms with Crippen LogP contribution in [0.2, 0.25) is 0 Å². The number of hydrogen-bond acceptors (Lipinski definition) is 7. The van der Waals surface area contributed by atoms with Crippen molar-refractivity contribution in [3.63, 3.8) is 0 Å². The van der Waals surface area contributed by atoms with Crippen LogP contribution in [0.5, 0.6) is 5.75 Å². The number of nitro benzene ring substituents is 1. The van der Waals surface area contributed by atoms with E-state index in [9.17, 15) is 29.6 Å². The molecule has 1 aliphatic heterocycles. The number of amides is 1. The minimum absolute atomic E-state index is 0.00933. The number of non-ortho nitro benzene ring substituents is 1. The number of likely N-dealkylation sites (tertiary alicyclic amines) is 1. The van der Waals surface area contributed by atoms with Crippen molar-refractivity contribution >= 4 is 29.1 Å². The molecule has 0 bridgehead atoms.